The van der Waals surface area contributed by atoms with Gasteiger partial charge in [-0.15, -0.1) is 0 Å². The quantitative estimate of drug-likeness (QED) is 0.741. The monoisotopic (exact) mass is 321 g/mol. The maximum atomic E-state index is 13.1. The molecule has 0 radical (unpaired) electrons. The van der Waals surface area contributed by atoms with Gasteiger partial charge >= 0.3 is 0 Å². The summed E-state index contributed by atoms with van der Waals surface area (Å²) in [7, 11) is 0. The first-order chi connectivity index (χ1) is 11.0. The molecule has 2 bridgehead atoms. The molecule has 0 heterocycles. The zero-order valence-electron chi connectivity index (χ0n) is 14.3. The molecule has 3 rings (SSSR count). The van der Waals surface area contributed by atoms with Gasteiger partial charge in [-0.3, -0.25) is 9.59 Å². The molecule has 0 aromatic carbocycles. The van der Waals surface area contributed by atoms with Gasteiger partial charge in [0.2, 0.25) is 11.8 Å². The first kappa shape index (κ1) is 16.7. The van der Waals surface area contributed by atoms with Gasteiger partial charge in [0.25, 0.3) is 0 Å². The minimum atomic E-state index is -0.683. The summed E-state index contributed by atoms with van der Waals surface area (Å²) >= 11 is 0. The molecular weight excluding hydrogens is 290 g/mol. The fourth-order valence-corrected chi connectivity index (χ4v) is 5.22. The van der Waals surface area contributed by atoms with Crippen LogP contribution in [0.4, 0.5) is 0 Å². The highest BCUT2D eigenvalue weighted by Gasteiger charge is 2.45. The third-order valence-corrected chi connectivity index (χ3v) is 6.23. The molecule has 0 aromatic heterocycles. The average Bonchev–Trinajstić information content (AvgIpc) is 2.48. The number of hydrogen-bond donors (Lipinski definition) is 3. The maximum Gasteiger partial charge on any atom is 0.245 e. The van der Waals surface area contributed by atoms with Crippen molar-refractivity contribution in [2.24, 2.45) is 17.6 Å². The zero-order chi connectivity index (χ0) is 16.4. The van der Waals surface area contributed by atoms with Crippen LogP contribution in [0.1, 0.15) is 71.1 Å². The van der Waals surface area contributed by atoms with Gasteiger partial charge in [-0.2, -0.15) is 0 Å². The summed E-state index contributed by atoms with van der Waals surface area (Å²) in [6.45, 7) is 1.51. The Kier molecular flexibility index (Phi) is 4.95. The molecule has 4 N–H and O–H groups in total. The summed E-state index contributed by atoms with van der Waals surface area (Å²) in [6.07, 6.45) is 10.3. The number of carbonyl (C=O) groups is 2. The van der Waals surface area contributed by atoms with Gasteiger partial charge in [0.15, 0.2) is 0 Å². The highest BCUT2D eigenvalue weighted by molar-refractivity contribution is 5.91. The number of nitrogens with two attached hydrogens (primary N) is 1. The van der Waals surface area contributed by atoms with E-state index in [0.717, 1.165) is 44.9 Å². The number of rotatable bonds is 3. The van der Waals surface area contributed by atoms with Crippen molar-refractivity contribution in [3.63, 3.8) is 0 Å². The second-order valence-electron chi connectivity index (χ2n) is 8.01. The number of carbonyl (C=O) groups excluding carboxylic acids is 2. The minimum absolute atomic E-state index is 0.0461. The molecule has 3 aliphatic carbocycles. The molecule has 3 saturated carbocycles. The van der Waals surface area contributed by atoms with Crippen molar-refractivity contribution in [3.05, 3.63) is 0 Å². The Labute approximate surface area is 139 Å². The minimum Gasteiger partial charge on any atom is -0.351 e. The molecule has 2 atom stereocenters. The van der Waals surface area contributed by atoms with Crippen molar-refractivity contribution in [2.45, 2.75) is 88.8 Å². The van der Waals surface area contributed by atoms with Crippen LogP contribution in [-0.4, -0.2) is 29.4 Å². The predicted octanol–water partition coefficient (Wildman–Crippen LogP) is 1.85. The highest BCUT2D eigenvalue weighted by atomic mass is 16.2. The summed E-state index contributed by atoms with van der Waals surface area (Å²) in [5.74, 6) is 0.969. The number of hydrogen-bond acceptors (Lipinski definition) is 3. The summed E-state index contributed by atoms with van der Waals surface area (Å²) in [4.78, 5) is 24.7. The fourth-order valence-electron chi connectivity index (χ4n) is 5.22. The van der Waals surface area contributed by atoms with Crippen LogP contribution in [0, 0.1) is 11.8 Å². The van der Waals surface area contributed by atoms with Crippen LogP contribution in [0.25, 0.3) is 0 Å². The standard InChI is InChI=1S/C18H31N3O2/c1-12(22)21-18(8-3-2-4-9-18)17(23)20-16-13-6-5-7-14(16)11-15(19)10-13/h13-16H,2-11,19H2,1H3,(H,20,23)(H,21,22). The van der Waals surface area contributed by atoms with E-state index in [-0.39, 0.29) is 23.9 Å². The maximum absolute atomic E-state index is 13.1. The van der Waals surface area contributed by atoms with Crippen molar-refractivity contribution in [1.29, 1.82) is 0 Å². The Morgan fingerprint density at radius 2 is 1.61 bits per heavy atom. The van der Waals surface area contributed by atoms with E-state index in [2.05, 4.69) is 10.6 Å². The van der Waals surface area contributed by atoms with Crippen LogP contribution in [-0.2, 0) is 9.59 Å². The lowest BCUT2D eigenvalue weighted by Gasteiger charge is -2.47. The summed E-state index contributed by atoms with van der Waals surface area (Å²) in [6, 6.07) is 0.543. The van der Waals surface area contributed by atoms with E-state index in [0.29, 0.717) is 11.8 Å². The van der Waals surface area contributed by atoms with Crippen LogP contribution < -0.4 is 16.4 Å². The number of fused-ring (bicyclic) bond motifs is 2. The molecule has 0 aliphatic heterocycles. The van der Waals surface area contributed by atoms with Crippen LogP contribution in [0.3, 0.4) is 0 Å². The number of nitrogens with one attached hydrogen (secondary N) is 2. The summed E-state index contributed by atoms with van der Waals surface area (Å²) < 4.78 is 0. The van der Waals surface area contributed by atoms with E-state index >= 15 is 0 Å². The largest absolute Gasteiger partial charge is 0.351 e. The van der Waals surface area contributed by atoms with Crippen LogP contribution >= 0.6 is 0 Å². The first-order valence-corrected chi connectivity index (χ1v) is 9.35. The van der Waals surface area contributed by atoms with Gasteiger partial charge in [0.05, 0.1) is 0 Å². The molecule has 0 saturated heterocycles. The molecule has 23 heavy (non-hydrogen) atoms. The summed E-state index contributed by atoms with van der Waals surface area (Å²) in [5.41, 5.74) is 5.50. The Balaban J connectivity index is 1.72. The third-order valence-electron chi connectivity index (χ3n) is 6.23. The van der Waals surface area contributed by atoms with E-state index in [9.17, 15) is 9.59 Å². The van der Waals surface area contributed by atoms with Gasteiger partial charge in [-0.05, 0) is 50.4 Å². The third kappa shape index (κ3) is 3.54. The summed E-state index contributed by atoms with van der Waals surface area (Å²) in [5, 5.41) is 6.33. The van der Waals surface area contributed by atoms with Gasteiger partial charge in [0, 0.05) is 19.0 Å². The predicted molar refractivity (Wildman–Crippen MR) is 89.6 cm³/mol. The normalized spacial score (nSPS) is 36.1. The van der Waals surface area contributed by atoms with Crippen molar-refractivity contribution in [1.82, 2.24) is 10.6 Å². The molecule has 0 spiro atoms. The van der Waals surface area contributed by atoms with Crippen LogP contribution in [0.15, 0.2) is 0 Å². The van der Waals surface area contributed by atoms with E-state index in [1.807, 2.05) is 0 Å². The first-order valence-electron chi connectivity index (χ1n) is 9.35. The Morgan fingerprint density at radius 3 is 2.17 bits per heavy atom. The lowest BCUT2D eigenvalue weighted by molar-refractivity contribution is -0.136. The molecule has 130 valence electrons. The SMILES string of the molecule is CC(=O)NC1(C(=O)NC2C3CCCC2CC(N)C3)CCCCC1. The molecule has 5 nitrogen and oxygen atoms in total. The van der Waals surface area contributed by atoms with Crippen molar-refractivity contribution in [3.8, 4) is 0 Å². The molecule has 0 aromatic rings. The van der Waals surface area contributed by atoms with Gasteiger partial charge in [0.1, 0.15) is 5.54 Å². The average molecular weight is 321 g/mol. The molecular formula is C18H31N3O2. The van der Waals surface area contributed by atoms with Crippen LogP contribution in [0.2, 0.25) is 0 Å². The second kappa shape index (κ2) is 6.80. The number of amides is 2. The van der Waals surface area contributed by atoms with E-state index in [4.69, 9.17) is 5.73 Å². The highest BCUT2D eigenvalue weighted by Crippen LogP contribution is 2.40. The Morgan fingerprint density at radius 1 is 1.00 bits per heavy atom. The molecule has 3 aliphatic rings. The topological polar surface area (TPSA) is 84.2 Å². The van der Waals surface area contributed by atoms with Crippen molar-refractivity contribution in [2.75, 3.05) is 0 Å². The molecule has 3 fully saturated rings. The zero-order valence-corrected chi connectivity index (χ0v) is 14.3. The lowest BCUT2D eigenvalue weighted by Crippen LogP contribution is -2.63. The lowest BCUT2D eigenvalue weighted by atomic mass is 9.66. The molecule has 2 unspecified atom stereocenters. The van der Waals surface area contributed by atoms with E-state index in [1.165, 1.54) is 26.2 Å². The Bertz CT molecular complexity index is 445. The van der Waals surface area contributed by atoms with E-state index < -0.39 is 5.54 Å². The van der Waals surface area contributed by atoms with Crippen molar-refractivity contribution < 1.29 is 9.59 Å². The van der Waals surface area contributed by atoms with Gasteiger partial charge in [-0.25, -0.2) is 0 Å². The van der Waals surface area contributed by atoms with Crippen molar-refractivity contribution >= 4 is 11.8 Å². The van der Waals surface area contributed by atoms with E-state index in [1.54, 1.807) is 0 Å². The smallest absolute Gasteiger partial charge is 0.245 e. The van der Waals surface area contributed by atoms with Crippen LogP contribution in [0.5, 0.6) is 0 Å². The fraction of sp³-hybridized carbons (Fsp3) is 0.889. The second-order valence-corrected chi connectivity index (χ2v) is 8.01. The molecule has 2 amide bonds. The van der Waals surface area contributed by atoms with Gasteiger partial charge < -0.3 is 16.4 Å². The van der Waals surface area contributed by atoms with Gasteiger partial charge in [-0.1, -0.05) is 25.7 Å². The Hall–Kier alpha value is -1.10. The molecule has 5 heteroatoms.